The van der Waals surface area contributed by atoms with Crippen molar-refractivity contribution in [1.29, 1.82) is 0 Å². The molecule has 4 nitrogen and oxygen atoms in total. The molecule has 2 amide bonds. The number of piperazine rings is 1. The first-order valence-corrected chi connectivity index (χ1v) is 7.06. The van der Waals surface area contributed by atoms with E-state index in [1.54, 1.807) is 4.90 Å². The molecule has 1 heterocycles. The fourth-order valence-corrected chi connectivity index (χ4v) is 3.16. The average Bonchev–Trinajstić information content (AvgIpc) is 2.71. The van der Waals surface area contributed by atoms with Crippen LogP contribution in [0.25, 0.3) is 0 Å². The number of amides is 2. The zero-order valence-electron chi connectivity index (χ0n) is 11.7. The Morgan fingerprint density at radius 3 is 2.67 bits per heavy atom. The molecular weight excluding hydrogens is 228 g/mol. The summed E-state index contributed by atoms with van der Waals surface area (Å²) >= 11 is 0. The predicted octanol–water partition coefficient (Wildman–Crippen LogP) is 1.55. The summed E-state index contributed by atoms with van der Waals surface area (Å²) in [6, 6.07) is 0. The third-order valence-corrected chi connectivity index (χ3v) is 4.71. The van der Waals surface area contributed by atoms with E-state index in [-0.39, 0.29) is 18.4 Å². The molecule has 1 N–H and O–H groups in total. The van der Waals surface area contributed by atoms with Crippen molar-refractivity contribution in [3.05, 3.63) is 0 Å². The molecule has 2 aliphatic rings. The number of nitrogens with one attached hydrogen (secondary N) is 1. The first-order chi connectivity index (χ1) is 8.46. The highest BCUT2D eigenvalue weighted by molar-refractivity contribution is 5.97. The Balaban J connectivity index is 2.07. The largest absolute Gasteiger partial charge is 0.340 e. The smallest absolute Gasteiger partial charge is 0.248 e. The molecule has 4 heteroatoms. The number of hydrogen-bond donors (Lipinski definition) is 1. The standard InChI is InChI=1S/C14H24N2O2/c1-4-14(3)13(18)16(9-12(17)15-14)8-11-7-5-6-10(11)2/h10-11H,4-9H2,1-3H3,(H,15,17). The van der Waals surface area contributed by atoms with E-state index in [1.807, 2.05) is 13.8 Å². The summed E-state index contributed by atoms with van der Waals surface area (Å²) in [7, 11) is 0. The Labute approximate surface area is 109 Å². The van der Waals surface area contributed by atoms with Crippen LogP contribution in [0.5, 0.6) is 0 Å². The van der Waals surface area contributed by atoms with Crippen LogP contribution in [0, 0.1) is 11.8 Å². The lowest BCUT2D eigenvalue weighted by molar-refractivity contribution is -0.150. The van der Waals surface area contributed by atoms with Crippen LogP contribution in [0.3, 0.4) is 0 Å². The van der Waals surface area contributed by atoms with Gasteiger partial charge in [-0.15, -0.1) is 0 Å². The molecular formula is C14H24N2O2. The van der Waals surface area contributed by atoms with Crippen molar-refractivity contribution in [3.63, 3.8) is 0 Å². The van der Waals surface area contributed by atoms with Gasteiger partial charge in [-0.25, -0.2) is 0 Å². The first-order valence-electron chi connectivity index (χ1n) is 7.06. The quantitative estimate of drug-likeness (QED) is 0.828. The van der Waals surface area contributed by atoms with Gasteiger partial charge in [0.25, 0.3) is 0 Å². The van der Waals surface area contributed by atoms with Gasteiger partial charge in [-0.2, -0.15) is 0 Å². The Bertz CT molecular complexity index is 356. The third kappa shape index (κ3) is 2.38. The summed E-state index contributed by atoms with van der Waals surface area (Å²) in [6.07, 6.45) is 4.35. The molecule has 1 saturated heterocycles. The van der Waals surface area contributed by atoms with E-state index in [0.717, 1.165) is 6.54 Å². The van der Waals surface area contributed by atoms with Gasteiger partial charge in [0, 0.05) is 6.54 Å². The predicted molar refractivity (Wildman–Crippen MR) is 69.9 cm³/mol. The van der Waals surface area contributed by atoms with Crippen molar-refractivity contribution in [2.75, 3.05) is 13.1 Å². The highest BCUT2D eigenvalue weighted by atomic mass is 16.2. The molecule has 2 fully saturated rings. The molecule has 0 aromatic rings. The molecule has 0 bridgehead atoms. The summed E-state index contributed by atoms with van der Waals surface area (Å²) in [5.74, 6) is 1.31. The van der Waals surface area contributed by atoms with Crippen LogP contribution < -0.4 is 5.32 Å². The SMILES string of the molecule is CCC1(C)NC(=O)CN(CC2CCCC2C)C1=O. The van der Waals surface area contributed by atoms with E-state index in [0.29, 0.717) is 18.3 Å². The molecule has 1 saturated carbocycles. The van der Waals surface area contributed by atoms with E-state index < -0.39 is 5.54 Å². The number of carbonyl (C=O) groups is 2. The van der Waals surface area contributed by atoms with Gasteiger partial charge >= 0.3 is 0 Å². The van der Waals surface area contributed by atoms with Crippen molar-refractivity contribution in [2.45, 2.75) is 52.0 Å². The Hall–Kier alpha value is -1.06. The zero-order valence-corrected chi connectivity index (χ0v) is 11.7. The van der Waals surface area contributed by atoms with Gasteiger partial charge in [-0.05, 0) is 31.6 Å². The summed E-state index contributed by atoms with van der Waals surface area (Å²) in [5, 5.41) is 2.83. The number of carbonyl (C=O) groups excluding carboxylic acids is 2. The molecule has 3 unspecified atom stereocenters. The molecule has 3 atom stereocenters. The minimum Gasteiger partial charge on any atom is -0.340 e. The topological polar surface area (TPSA) is 49.4 Å². The van der Waals surface area contributed by atoms with E-state index in [9.17, 15) is 9.59 Å². The summed E-state index contributed by atoms with van der Waals surface area (Å²) in [4.78, 5) is 25.9. The molecule has 0 aromatic heterocycles. The average molecular weight is 252 g/mol. The zero-order chi connectivity index (χ0) is 13.3. The lowest BCUT2D eigenvalue weighted by Gasteiger charge is -2.40. The van der Waals surface area contributed by atoms with Crippen LogP contribution in [0.4, 0.5) is 0 Å². The van der Waals surface area contributed by atoms with Crippen molar-refractivity contribution in [1.82, 2.24) is 10.2 Å². The van der Waals surface area contributed by atoms with Crippen LogP contribution in [0.15, 0.2) is 0 Å². The van der Waals surface area contributed by atoms with Gasteiger partial charge < -0.3 is 10.2 Å². The Morgan fingerprint density at radius 2 is 2.11 bits per heavy atom. The second-order valence-electron chi connectivity index (χ2n) is 6.09. The maximum atomic E-state index is 12.4. The van der Waals surface area contributed by atoms with Gasteiger partial charge in [0.15, 0.2) is 0 Å². The molecule has 0 spiro atoms. The minimum atomic E-state index is -0.697. The summed E-state index contributed by atoms with van der Waals surface area (Å²) in [6.45, 7) is 7.02. The highest BCUT2D eigenvalue weighted by Gasteiger charge is 2.42. The van der Waals surface area contributed by atoms with Gasteiger partial charge in [0.1, 0.15) is 5.54 Å². The van der Waals surface area contributed by atoms with Gasteiger partial charge in [0.2, 0.25) is 11.8 Å². The van der Waals surface area contributed by atoms with E-state index in [4.69, 9.17) is 0 Å². The monoisotopic (exact) mass is 252 g/mol. The highest BCUT2D eigenvalue weighted by Crippen LogP contribution is 2.32. The lowest BCUT2D eigenvalue weighted by atomic mass is 9.92. The van der Waals surface area contributed by atoms with E-state index in [1.165, 1.54) is 19.3 Å². The normalized spacial score (nSPS) is 36.9. The number of nitrogens with zero attached hydrogens (tertiary/aromatic N) is 1. The van der Waals surface area contributed by atoms with Crippen molar-refractivity contribution in [2.24, 2.45) is 11.8 Å². The van der Waals surface area contributed by atoms with E-state index >= 15 is 0 Å². The van der Waals surface area contributed by atoms with Crippen LogP contribution in [0.1, 0.15) is 46.5 Å². The maximum Gasteiger partial charge on any atom is 0.248 e. The first kappa shape index (κ1) is 13.4. The van der Waals surface area contributed by atoms with Crippen molar-refractivity contribution < 1.29 is 9.59 Å². The Morgan fingerprint density at radius 1 is 1.39 bits per heavy atom. The molecule has 0 radical (unpaired) electrons. The van der Waals surface area contributed by atoms with Gasteiger partial charge in [-0.3, -0.25) is 9.59 Å². The summed E-state index contributed by atoms with van der Waals surface area (Å²) in [5.41, 5.74) is -0.697. The number of rotatable bonds is 3. The third-order valence-electron chi connectivity index (χ3n) is 4.71. The second kappa shape index (κ2) is 4.90. The van der Waals surface area contributed by atoms with E-state index in [2.05, 4.69) is 12.2 Å². The summed E-state index contributed by atoms with van der Waals surface area (Å²) < 4.78 is 0. The molecule has 1 aliphatic heterocycles. The van der Waals surface area contributed by atoms with Crippen molar-refractivity contribution >= 4 is 11.8 Å². The number of hydrogen-bond acceptors (Lipinski definition) is 2. The Kier molecular flexibility index (Phi) is 3.64. The van der Waals surface area contributed by atoms with Crippen molar-refractivity contribution in [3.8, 4) is 0 Å². The minimum absolute atomic E-state index is 0.0235. The fourth-order valence-electron chi connectivity index (χ4n) is 3.16. The van der Waals surface area contributed by atoms with Crippen LogP contribution in [0.2, 0.25) is 0 Å². The molecule has 102 valence electrons. The molecule has 18 heavy (non-hydrogen) atoms. The van der Waals surface area contributed by atoms with Gasteiger partial charge in [0.05, 0.1) is 6.54 Å². The molecule has 1 aliphatic carbocycles. The van der Waals surface area contributed by atoms with Crippen LogP contribution >= 0.6 is 0 Å². The van der Waals surface area contributed by atoms with Crippen LogP contribution in [-0.2, 0) is 9.59 Å². The second-order valence-corrected chi connectivity index (χ2v) is 6.09. The molecule has 0 aromatic carbocycles. The maximum absolute atomic E-state index is 12.4. The van der Waals surface area contributed by atoms with Gasteiger partial charge in [-0.1, -0.05) is 26.7 Å². The molecule has 2 rings (SSSR count). The van der Waals surface area contributed by atoms with Crippen LogP contribution in [-0.4, -0.2) is 35.3 Å². The lowest BCUT2D eigenvalue weighted by Crippen LogP contribution is -2.65. The fraction of sp³-hybridized carbons (Fsp3) is 0.857.